The van der Waals surface area contributed by atoms with Crippen molar-refractivity contribution in [3.8, 4) is 11.5 Å². The van der Waals surface area contributed by atoms with E-state index >= 15 is 0 Å². The van der Waals surface area contributed by atoms with Gasteiger partial charge >= 0.3 is 0 Å². The molecule has 1 aromatic carbocycles. The van der Waals surface area contributed by atoms with E-state index in [9.17, 15) is 0 Å². The fraction of sp³-hybridized carbons (Fsp3) is 0.312. The number of ether oxygens (including phenoxy) is 2. The highest BCUT2D eigenvalue weighted by Gasteiger charge is 2.17. The molecule has 1 aliphatic heterocycles. The first-order valence-electron chi connectivity index (χ1n) is 7.52. The summed E-state index contributed by atoms with van der Waals surface area (Å²) in [4.78, 5) is 4.40. The summed E-state index contributed by atoms with van der Waals surface area (Å²) in [6, 6.07) is 5.88. The van der Waals surface area contributed by atoms with Crippen LogP contribution in [-0.4, -0.2) is 32.8 Å². The van der Waals surface area contributed by atoms with Crippen molar-refractivity contribution >= 4 is 29.1 Å². The lowest BCUT2D eigenvalue weighted by molar-refractivity contribution is 0.171. The minimum Gasteiger partial charge on any atom is -0.486 e. The zero-order chi connectivity index (χ0) is 16.7. The number of aryl methyl sites for hydroxylation is 2. The summed E-state index contributed by atoms with van der Waals surface area (Å²) in [5, 5.41) is 9.78. The van der Waals surface area contributed by atoms with Gasteiger partial charge in [-0.15, -0.1) is 10.2 Å². The summed E-state index contributed by atoms with van der Waals surface area (Å²) >= 11 is 7.87. The lowest BCUT2D eigenvalue weighted by atomic mass is 10.2. The molecule has 0 saturated heterocycles. The van der Waals surface area contributed by atoms with Gasteiger partial charge in [-0.1, -0.05) is 23.4 Å². The second-order valence-corrected chi connectivity index (χ2v) is 6.90. The molecule has 8 heteroatoms. The maximum atomic E-state index is 6.29. The summed E-state index contributed by atoms with van der Waals surface area (Å²) in [5.74, 6) is 2.64. The monoisotopic (exact) mass is 362 g/mol. The Bertz CT molecular complexity index is 928. The Morgan fingerprint density at radius 3 is 2.88 bits per heavy atom. The van der Waals surface area contributed by atoms with E-state index in [0.29, 0.717) is 41.3 Å². The number of aromatic nitrogens is 4. The normalized spacial score (nSPS) is 13.5. The van der Waals surface area contributed by atoms with Crippen LogP contribution in [0.2, 0.25) is 5.02 Å². The number of hydrogen-bond acceptors (Lipinski definition) is 6. The van der Waals surface area contributed by atoms with Crippen LogP contribution in [-0.2, 0) is 5.75 Å². The second kappa shape index (κ2) is 6.14. The Balaban J connectivity index is 1.61. The number of nitrogens with zero attached hydrogens (tertiary/aromatic N) is 4. The molecule has 3 heterocycles. The molecule has 0 unspecified atom stereocenters. The van der Waals surface area contributed by atoms with Crippen molar-refractivity contribution in [2.24, 2.45) is 0 Å². The van der Waals surface area contributed by atoms with Crippen LogP contribution in [0, 0.1) is 13.8 Å². The second-order valence-electron chi connectivity index (χ2n) is 5.55. The molecule has 0 aliphatic carbocycles. The molecule has 0 atom stereocenters. The first kappa shape index (κ1) is 15.5. The van der Waals surface area contributed by atoms with Crippen LogP contribution in [0.1, 0.15) is 17.0 Å². The van der Waals surface area contributed by atoms with Gasteiger partial charge < -0.3 is 9.47 Å². The minimum absolute atomic E-state index is 0.526. The van der Waals surface area contributed by atoms with Crippen LogP contribution in [0.15, 0.2) is 23.4 Å². The van der Waals surface area contributed by atoms with Gasteiger partial charge in [0.15, 0.2) is 16.7 Å². The summed E-state index contributed by atoms with van der Waals surface area (Å²) in [6.07, 6.45) is 0. The summed E-state index contributed by atoms with van der Waals surface area (Å²) < 4.78 is 13.1. The van der Waals surface area contributed by atoms with Crippen LogP contribution in [0.4, 0.5) is 0 Å². The molecule has 3 aromatic rings. The summed E-state index contributed by atoms with van der Waals surface area (Å²) in [6.45, 7) is 5.04. The van der Waals surface area contributed by atoms with Crippen molar-refractivity contribution in [2.75, 3.05) is 13.2 Å². The molecule has 2 aromatic heterocycles. The van der Waals surface area contributed by atoms with Crippen LogP contribution < -0.4 is 9.47 Å². The highest BCUT2D eigenvalue weighted by atomic mass is 35.5. The zero-order valence-corrected chi connectivity index (χ0v) is 14.8. The number of benzene rings is 1. The quantitative estimate of drug-likeness (QED) is 0.665. The highest BCUT2D eigenvalue weighted by molar-refractivity contribution is 7.98. The Morgan fingerprint density at radius 2 is 2.00 bits per heavy atom. The van der Waals surface area contributed by atoms with Gasteiger partial charge in [0, 0.05) is 17.1 Å². The molecule has 0 spiro atoms. The summed E-state index contributed by atoms with van der Waals surface area (Å²) in [5.41, 5.74) is 3.04. The van der Waals surface area contributed by atoms with Crippen LogP contribution in [0.3, 0.4) is 0 Å². The van der Waals surface area contributed by atoms with E-state index in [1.54, 1.807) is 11.8 Å². The van der Waals surface area contributed by atoms with Crippen molar-refractivity contribution in [1.29, 1.82) is 0 Å². The highest BCUT2D eigenvalue weighted by Crippen LogP contribution is 2.39. The molecule has 0 N–H and O–H groups in total. The van der Waals surface area contributed by atoms with E-state index < -0.39 is 0 Å². The van der Waals surface area contributed by atoms with Gasteiger partial charge in [-0.3, -0.25) is 4.40 Å². The zero-order valence-electron chi connectivity index (χ0n) is 13.2. The van der Waals surface area contributed by atoms with E-state index in [0.717, 1.165) is 22.1 Å². The van der Waals surface area contributed by atoms with Crippen molar-refractivity contribution in [1.82, 2.24) is 19.6 Å². The molecule has 0 bridgehead atoms. The maximum Gasteiger partial charge on any atom is 0.256 e. The van der Waals surface area contributed by atoms with Gasteiger partial charge in [-0.2, -0.15) is 0 Å². The number of fused-ring (bicyclic) bond motifs is 2. The average molecular weight is 363 g/mol. The largest absolute Gasteiger partial charge is 0.486 e. The Labute approximate surface area is 148 Å². The van der Waals surface area contributed by atoms with Crippen molar-refractivity contribution in [3.05, 3.63) is 40.2 Å². The molecule has 24 heavy (non-hydrogen) atoms. The molecule has 1 aliphatic rings. The molecule has 4 rings (SSSR count). The third-order valence-corrected chi connectivity index (χ3v) is 4.97. The fourth-order valence-corrected chi connectivity index (χ4v) is 3.89. The van der Waals surface area contributed by atoms with E-state index in [2.05, 4.69) is 15.2 Å². The molecule has 6 nitrogen and oxygen atoms in total. The van der Waals surface area contributed by atoms with E-state index in [4.69, 9.17) is 21.1 Å². The standard InChI is InChI=1S/C16H15ClN4O2S/c1-9-5-10(2)21-15(18-9)19-20-16(21)24-8-11-6-12(17)14-13(7-11)22-3-4-23-14/h5-7H,3-4,8H2,1-2H3. The predicted molar refractivity (Wildman–Crippen MR) is 92.3 cm³/mol. The van der Waals surface area contributed by atoms with Gasteiger partial charge in [0.05, 0.1) is 5.02 Å². The Kier molecular flexibility index (Phi) is 3.97. The van der Waals surface area contributed by atoms with E-state index in [1.807, 2.05) is 36.4 Å². The number of halogens is 1. The van der Waals surface area contributed by atoms with Gasteiger partial charge in [-0.05, 0) is 37.6 Å². The molecule has 0 fully saturated rings. The molecular weight excluding hydrogens is 348 g/mol. The first-order valence-corrected chi connectivity index (χ1v) is 8.88. The van der Waals surface area contributed by atoms with Gasteiger partial charge in [0.25, 0.3) is 5.78 Å². The Morgan fingerprint density at radius 1 is 1.17 bits per heavy atom. The van der Waals surface area contributed by atoms with E-state index in [1.165, 1.54) is 0 Å². The first-order chi connectivity index (χ1) is 11.6. The number of thioether (sulfide) groups is 1. The number of hydrogen-bond donors (Lipinski definition) is 0. The van der Waals surface area contributed by atoms with Crippen molar-refractivity contribution in [2.45, 2.75) is 24.8 Å². The predicted octanol–water partition coefficient (Wildman–Crippen LogP) is 3.46. The van der Waals surface area contributed by atoms with Crippen LogP contribution in [0.5, 0.6) is 11.5 Å². The SMILES string of the molecule is Cc1cc(C)n2c(SCc3cc(Cl)c4c(c3)OCCO4)nnc2n1. The van der Waals surface area contributed by atoms with Crippen LogP contribution >= 0.6 is 23.4 Å². The lowest BCUT2D eigenvalue weighted by Crippen LogP contribution is -2.15. The molecule has 0 amide bonds. The van der Waals surface area contributed by atoms with Gasteiger partial charge in [-0.25, -0.2) is 4.98 Å². The van der Waals surface area contributed by atoms with Crippen LogP contribution in [0.25, 0.3) is 5.78 Å². The molecule has 0 radical (unpaired) electrons. The maximum absolute atomic E-state index is 6.29. The smallest absolute Gasteiger partial charge is 0.256 e. The molecule has 124 valence electrons. The van der Waals surface area contributed by atoms with Crippen molar-refractivity contribution < 1.29 is 9.47 Å². The van der Waals surface area contributed by atoms with E-state index in [-0.39, 0.29) is 0 Å². The average Bonchev–Trinajstić information content (AvgIpc) is 2.96. The Hall–Kier alpha value is -1.99. The summed E-state index contributed by atoms with van der Waals surface area (Å²) in [7, 11) is 0. The van der Waals surface area contributed by atoms with Crippen molar-refractivity contribution in [3.63, 3.8) is 0 Å². The minimum atomic E-state index is 0.526. The third-order valence-electron chi connectivity index (χ3n) is 3.69. The topological polar surface area (TPSA) is 61.5 Å². The fourth-order valence-electron chi connectivity index (χ4n) is 2.69. The third kappa shape index (κ3) is 2.78. The molecule has 0 saturated carbocycles. The number of rotatable bonds is 3. The molecular formula is C16H15ClN4O2S. The van der Waals surface area contributed by atoms with Gasteiger partial charge in [0.2, 0.25) is 0 Å². The lowest BCUT2D eigenvalue weighted by Gasteiger charge is -2.20. The van der Waals surface area contributed by atoms with Gasteiger partial charge in [0.1, 0.15) is 13.2 Å².